The number of nitrogens with one attached hydrogen (secondary N) is 1. The van der Waals surface area contributed by atoms with Gasteiger partial charge >= 0.3 is 12.7 Å². The van der Waals surface area contributed by atoms with Crippen LogP contribution >= 0.6 is 0 Å². The molecule has 0 aromatic heterocycles. The van der Waals surface area contributed by atoms with E-state index in [2.05, 4.69) is 29.6 Å². The molecule has 238 valence electrons. The molecule has 2 aromatic rings. The van der Waals surface area contributed by atoms with Crippen LogP contribution in [0.2, 0.25) is 0 Å². The predicted molar refractivity (Wildman–Crippen MR) is 164 cm³/mol. The van der Waals surface area contributed by atoms with Crippen LogP contribution in [0.25, 0.3) is 5.57 Å². The first-order chi connectivity index (χ1) is 20.3. The van der Waals surface area contributed by atoms with Crippen molar-refractivity contribution in [1.82, 2.24) is 5.32 Å². The number of aldehydes is 1. The van der Waals surface area contributed by atoms with E-state index in [4.69, 9.17) is 19.4 Å². The zero-order chi connectivity index (χ0) is 32.6. The summed E-state index contributed by atoms with van der Waals surface area (Å²) in [4.78, 5) is 8.92. The van der Waals surface area contributed by atoms with Gasteiger partial charge in [0.05, 0.1) is 6.61 Å². The molecule has 2 N–H and O–H groups in total. The van der Waals surface area contributed by atoms with E-state index in [-0.39, 0.29) is 24.0 Å². The maximum atomic E-state index is 13.8. The number of hydrogen-bond donors (Lipinski definition) is 2. The Labute approximate surface area is 253 Å². The summed E-state index contributed by atoms with van der Waals surface area (Å²) in [5.41, 5.74) is 5.86. The topological polar surface area (TPSA) is 67.8 Å². The summed E-state index contributed by atoms with van der Waals surface area (Å²) in [5.74, 6) is -0.0335. The molecule has 0 amide bonds. The molecule has 5 nitrogen and oxygen atoms in total. The van der Waals surface area contributed by atoms with Gasteiger partial charge < -0.3 is 24.7 Å². The molecule has 0 aliphatic rings. The lowest BCUT2D eigenvalue weighted by Crippen LogP contribution is -2.20. The molecule has 0 fully saturated rings. The van der Waals surface area contributed by atoms with Crippen LogP contribution in [0.5, 0.6) is 5.75 Å². The summed E-state index contributed by atoms with van der Waals surface area (Å²) in [5, 5.41) is 10.6. The van der Waals surface area contributed by atoms with Gasteiger partial charge in [-0.15, -0.1) is 0 Å². The van der Waals surface area contributed by atoms with E-state index >= 15 is 0 Å². The number of benzene rings is 2. The lowest BCUT2D eigenvalue weighted by Gasteiger charge is -2.21. The van der Waals surface area contributed by atoms with Crippen LogP contribution in [-0.4, -0.2) is 37.8 Å². The van der Waals surface area contributed by atoms with Gasteiger partial charge in [0.25, 0.3) is 0 Å². The van der Waals surface area contributed by atoms with Gasteiger partial charge in [-0.25, -0.2) is 0 Å². The summed E-state index contributed by atoms with van der Waals surface area (Å²) in [6.45, 7) is 7.61. The SMILES string of the molecule is CC/C(C)=C(/C=C\C(OC(F)F)=C(/C)c1ccc(C(C)CC)c(OC(C)(F)F)c1)Cc1ccc(CNC)cc1.O=CCO. The Hall–Kier alpha value is -3.43. The largest absolute Gasteiger partial charge is 0.435 e. The second kappa shape index (κ2) is 19.0. The predicted octanol–water partition coefficient (Wildman–Crippen LogP) is 8.58. The summed E-state index contributed by atoms with van der Waals surface area (Å²) >= 11 is 0. The number of alkyl halides is 4. The Balaban J connectivity index is 0.00000217. The Morgan fingerprint density at radius 1 is 1.05 bits per heavy atom. The summed E-state index contributed by atoms with van der Waals surface area (Å²) in [7, 11) is 1.89. The molecule has 43 heavy (non-hydrogen) atoms. The zero-order valence-corrected chi connectivity index (χ0v) is 26.1. The van der Waals surface area contributed by atoms with E-state index in [1.54, 1.807) is 25.1 Å². The molecule has 0 aliphatic heterocycles. The van der Waals surface area contributed by atoms with Crippen LogP contribution in [0, 0.1) is 0 Å². The number of aliphatic hydroxyl groups excluding tert-OH is 1. The number of aliphatic hydroxyl groups is 1. The number of carbonyl (C=O) groups excluding carboxylic acids is 1. The average Bonchev–Trinajstić information content (AvgIpc) is 2.97. The molecule has 1 unspecified atom stereocenters. The van der Waals surface area contributed by atoms with Crippen molar-refractivity contribution in [2.45, 2.75) is 86.0 Å². The molecule has 0 radical (unpaired) electrons. The van der Waals surface area contributed by atoms with Crippen LogP contribution in [-0.2, 0) is 22.5 Å². The lowest BCUT2D eigenvalue weighted by atomic mass is 9.94. The Kier molecular flexibility index (Phi) is 16.6. The van der Waals surface area contributed by atoms with Crippen molar-refractivity contribution < 1.29 is 36.9 Å². The molecule has 0 saturated heterocycles. The molecule has 2 rings (SSSR count). The molecule has 0 heterocycles. The summed E-state index contributed by atoms with van der Waals surface area (Å²) < 4.78 is 64.4. The first kappa shape index (κ1) is 37.6. The van der Waals surface area contributed by atoms with Crippen molar-refractivity contribution in [2.24, 2.45) is 0 Å². The third-order valence-corrected chi connectivity index (χ3v) is 6.85. The molecule has 0 bridgehead atoms. The van der Waals surface area contributed by atoms with Crippen molar-refractivity contribution in [3.63, 3.8) is 0 Å². The van der Waals surface area contributed by atoms with E-state index in [9.17, 15) is 17.6 Å². The molecule has 0 saturated carbocycles. The Bertz CT molecular complexity index is 1230. The maximum Gasteiger partial charge on any atom is 0.394 e. The first-order valence-corrected chi connectivity index (χ1v) is 14.3. The van der Waals surface area contributed by atoms with E-state index in [0.717, 1.165) is 36.1 Å². The van der Waals surface area contributed by atoms with Crippen molar-refractivity contribution in [1.29, 1.82) is 0 Å². The quantitative estimate of drug-likeness (QED) is 0.0919. The zero-order valence-electron chi connectivity index (χ0n) is 26.1. The maximum absolute atomic E-state index is 13.8. The first-order valence-electron chi connectivity index (χ1n) is 14.3. The van der Waals surface area contributed by atoms with E-state index in [1.165, 1.54) is 17.7 Å². The van der Waals surface area contributed by atoms with Crippen LogP contribution in [0.3, 0.4) is 0 Å². The Morgan fingerprint density at radius 2 is 1.65 bits per heavy atom. The molecule has 9 heteroatoms. The highest BCUT2D eigenvalue weighted by atomic mass is 19.3. The number of ether oxygens (including phenoxy) is 2. The minimum Gasteiger partial charge on any atom is -0.435 e. The second-order valence-electron chi connectivity index (χ2n) is 10.2. The van der Waals surface area contributed by atoms with Gasteiger partial charge in [0.1, 0.15) is 17.8 Å². The molecule has 0 aliphatic carbocycles. The minimum absolute atomic E-state index is 0.0191. The molecule has 0 spiro atoms. The summed E-state index contributed by atoms with van der Waals surface area (Å²) in [6.07, 6.45) is 2.53. The standard InChI is InChI=1S/C32H41F4NO2.C2H4O2/c1-8-21(3)26(18-24-10-12-25(13-11-24)20-37-7)15-17-29(38-31(33)34)23(5)27-14-16-28(22(4)9-2)30(19-27)39-32(6,35)36;3-1-2-4/h10-17,19,22,31,37H,8-9,18,20H2,1-7H3;1,4H,2H2/b17-15-,26-21-,29-23-;. The smallest absolute Gasteiger partial charge is 0.394 e. The fraction of sp³-hybridized carbons (Fsp3) is 0.441. The number of halogens is 4. The van der Waals surface area contributed by atoms with Gasteiger partial charge in [-0.2, -0.15) is 17.6 Å². The molecule has 2 aromatic carbocycles. The van der Waals surface area contributed by atoms with Crippen molar-refractivity contribution in [2.75, 3.05) is 13.7 Å². The second-order valence-corrected chi connectivity index (χ2v) is 10.2. The number of hydrogen-bond acceptors (Lipinski definition) is 5. The normalized spacial score (nSPS) is 13.6. The lowest BCUT2D eigenvalue weighted by molar-refractivity contribution is -0.159. The van der Waals surface area contributed by atoms with Crippen LogP contribution in [0.1, 0.15) is 82.6 Å². The van der Waals surface area contributed by atoms with Crippen molar-refractivity contribution in [3.8, 4) is 5.75 Å². The number of carbonyl (C=O) groups is 1. The van der Waals surface area contributed by atoms with E-state index in [0.29, 0.717) is 36.3 Å². The van der Waals surface area contributed by atoms with Gasteiger partial charge in [0.15, 0.2) is 0 Å². The van der Waals surface area contributed by atoms with Gasteiger partial charge in [-0.3, -0.25) is 0 Å². The molecular weight excluding hydrogens is 562 g/mol. The minimum atomic E-state index is -3.39. The molecule has 1 atom stereocenters. The highest BCUT2D eigenvalue weighted by Crippen LogP contribution is 2.35. The highest BCUT2D eigenvalue weighted by Gasteiger charge is 2.26. The van der Waals surface area contributed by atoms with Gasteiger partial charge in [0, 0.05) is 13.5 Å². The number of rotatable bonds is 15. The van der Waals surface area contributed by atoms with Gasteiger partial charge in [-0.05, 0) is 91.6 Å². The Morgan fingerprint density at radius 3 is 2.14 bits per heavy atom. The number of allylic oxidation sites excluding steroid dienone is 5. The van der Waals surface area contributed by atoms with E-state index in [1.807, 2.05) is 34.7 Å². The third kappa shape index (κ3) is 13.6. The van der Waals surface area contributed by atoms with Gasteiger partial charge in [-0.1, -0.05) is 68.8 Å². The monoisotopic (exact) mass is 607 g/mol. The van der Waals surface area contributed by atoms with Crippen molar-refractivity contribution >= 4 is 11.9 Å². The van der Waals surface area contributed by atoms with Crippen LogP contribution in [0.4, 0.5) is 17.6 Å². The van der Waals surface area contributed by atoms with Gasteiger partial charge in [0.2, 0.25) is 0 Å². The van der Waals surface area contributed by atoms with Crippen LogP contribution < -0.4 is 10.1 Å². The summed E-state index contributed by atoms with van der Waals surface area (Å²) in [6, 6.07) is 13.1. The fourth-order valence-corrected chi connectivity index (χ4v) is 4.12. The van der Waals surface area contributed by atoms with E-state index < -0.39 is 12.7 Å². The fourth-order valence-electron chi connectivity index (χ4n) is 4.12. The third-order valence-electron chi connectivity index (χ3n) is 6.85. The van der Waals surface area contributed by atoms with Crippen molar-refractivity contribution in [3.05, 3.63) is 93.8 Å². The van der Waals surface area contributed by atoms with Crippen LogP contribution in [0.15, 0.2) is 71.5 Å². The highest BCUT2D eigenvalue weighted by molar-refractivity contribution is 5.69. The molecular formula is C34H45F4NO4. The average molecular weight is 608 g/mol.